The van der Waals surface area contributed by atoms with E-state index in [4.69, 9.17) is 11.6 Å². The van der Waals surface area contributed by atoms with Crippen LogP contribution in [0.3, 0.4) is 0 Å². The van der Waals surface area contributed by atoms with E-state index < -0.39 is 20.8 Å². The van der Waals surface area contributed by atoms with Crippen LogP contribution < -0.4 is 4.72 Å². The van der Waals surface area contributed by atoms with Crippen molar-refractivity contribution in [3.05, 3.63) is 0 Å². The van der Waals surface area contributed by atoms with Crippen LogP contribution in [-0.2, 0) is 20.8 Å². The van der Waals surface area contributed by atoms with E-state index in [1.54, 1.807) is 0 Å². The molecule has 1 atom stereocenters. The summed E-state index contributed by atoms with van der Waals surface area (Å²) in [5.41, 5.74) is 0. The molecule has 0 saturated heterocycles. The maximum atomic E-state index is 11.1. The van der Waals surface area contributed by atoms with Crippen molar-refractivity contribution in [1.29, 1.82) is 0 Å². The average Bonchev–Trinajstić information content (AvgIpc) is 2.00. The first kappa shape index (κ1) is 13.4. The summed E-state index contributed by atoms with van der Waals surface area (Å²) in [6.07, 6.45) is 1.97. The zero-order chi connectivity index (χ0) is 10.3. The van der Waals surface area contributed by atoms with Crippen LogP contribution in [0.15, 0.2) is 0 Å². The molecule has 0 aromatic carbocycles. The van der Waals surface area contributed by atoms with Crippen LogP contribution in [0.1, 0.15) is 6.42 Å². The summed E-state index contributed by atoms with van der Waals surface area (Å²) in [7, 11) is -4.17. The fraction of sp³-hybridized carbons (Fsp3) is 1.00. The predicted molar refractivity (Wildman–Crippen MR) is 56.1 cm³/mol. The van der Waals surface area contributed by atoms with Gasteiger partial charge in [0.1, 0.15) is 0 Å². The highest BCUT2D eigenvalue weighted by Gasteiger charge is 2.08. The number of rotatable bonds is 7. The van der Waals surface area contributed by atoms with Gasteiger partial charge in [-0.1, -0.05) is 0 Å². The van der Waals surface area contributed by atoms with E-state index in [-0.39, 0.29) is 12.3 Å². The van der Waals surface area contributed by atoms with Gasteiger partial charge in [0, 0.05) is 35.2 Å². The fourth-order valence-corrected chi connectivity index (χ4v) is 2.55. The van der Waals surface area contributed by atoms with Crippen LogP contribution in [0.2, 0.25) is 0 Å². The third-order valence-corrected chi connectivity index (χ3v) is 3.77. The topological polar surface area (TPSA) is 63.2 Å². The van der Waals surface area contributed by atoms with Crippen LogP contribution in [-0.4, -0.2) is 42.8 Å². The van der Waals surface area contributed by atoms with Gasteiger partial charge < -0.3 is 0 Å². The minimum Gasteiger partial charge on any atom is -0.260 e. The van der Waals surface area contributed by atoms with Gasteiger partial charge in [0.05, 0.1) is 5.75 Å². The zero-order valence-electron chi connectivity index (χ0n) is 7.45. The molecule has 0 amide bonds. The number of alkyl halides is 1. The van der Waals surface area contributed by atoms with Gasteiger partial charge in [-0.05, 0) is 6.42 Å². The fourth-order valence-electron chi connectivity index (χ4n) is 0.658. The van der Waals surface area contributed by atoms with Crippen LogP contribution in [0.25, 0.3) is 0 Å². The predicted octanol–water partition coefficient (Wildman–Crippen LogP) is -0.0868. The van der Waals surface area contributed by atoms with Gasteiger partial charge >= 0.3 is 0 Å². The van der Waals surface area contributed by atoms with Gasteiger partial charge in [-0.25, -0.2) is 13.1 Å². The van der Waals surface area contributed by atoms with E-state index >= 15 is 0 Å². The lowest BCUT2D eigenvalue weighted by atomic mass is 10.6. The van der Waals surface area contributed by atoms with E-state index in [1.807, 2.05) is 0 Å². The van der Waals surface area contributed by atoms with E-state index in [0.29, 0.717) is 18.1 Å². The van der Waals surface area contributed by atoms with Crippen LogP contribution in [0.4, 0.5) is 0 Å². The van der Waals surface area contributed by atoms with E-state index in [0.717, 1.165) is 0 Å². The van der Waals surface area contributed by atoms with Crippen molar-refractivity contribution < 1.29 is 12.6 Å². The molecule has 0 spiro atoms. The molecular weight excluding hydrogens is 234 g/mol. The maximum Gasteiger partial charge on any atom is 0.211 e. The highest BCUT2D eigenvalue weighted by atomic mass is 35.5. The summed E-state index contributed by atoms with van der Waals surface area (Å²) in [5.74, 6) is 0.716. The number of hydrogen-bond donors (Lipinski definition) is 1. The molecule has 0 aliphatic heterocycles. The van der Waals surface area contributed by atoms with Gasteiger partial charge in [0.2, 0.25) is 10.0 Å². The number of sulfonamides is 1. The van der Waals surface area contributed by atoms with Crippen molar-refractivity contribution in [3.63, 3.8) is 0 Å². The standard InChI is InChI=1S/C6H14ClNO3S2/c1-12(9)5-4-8-13(10,11)6-2-3-7/h8H,2-6H2,1H3. The molecule has 0 rings (SSSR count). The number of halogens is 1. The first-order valence-corrected chi connectivity index (χ1v) is 7.72. The van der Waals surface area contributed by atoms with Gasteiger partial charge in [0.25, 0.3) is 0 Å². The quantitative estimate of drug-likeness (QED) is 0.640. The zero-order valence-corrected chi connectivity index (χ0v) is 9.84. The van der Waals surface area contributed by atoms with Crippen molar-refractivity contribution in [3.8, 4) is 0 Å². The van der Waals surface area contributed by atoms with E-state index in [1.165, 1.54) is 6.26 Å². The molecule has 0 saturated carbocycles. The Labute approximate surface area is 86.6 Å². The molecule has 0 bridgehead atoms. The third-order valence-electron chi connectivity index (χ3n) is 1.26. The summed E-state index contributed by atoms with van der Waals surface area (Å²) in [6.45, 7) is 0.230. The highest BCUT2D eigenvalue weighted by Crippen LogP contribution is 1.91. The molecule has 4 nitrogen and oxygen atoms in total. The third kappa shape index (κ3) is 8.67. The molecular formula is C6H14ClNO3S2. The molecule has 1 unspecified atom stereocenters. The van der Waals surface area contributed by atoms with Crippen molar-refractivity contribution >= 4 is 32.4 Å². The summed E-state index contributed by atoms with van der Waals surface area (Å²) in [5, 5.41) is 0. The lowest BCUT2D eigenvalue weighted by molar-refractivity contribution is 0.582. The van der Waals surface area contributed by atoms with E-state index in [9.17, 15) is 12.6 Å². The molecule has 0 aromatic rings. The minimum atomic E-state index is -3.21. The van der Waals surface area contributed by atoms with Gasteiger partial charge in [0.15, 0.2) is 0 Å². The van der Waals surface area contributed by atoms with Crippen molar-refractivity contribution in [2.24, 2.45) is 0 Å². The minimum absolute atomic E-state index is 0.0346. The molecule has 80 valence electrons. The van der Waals surface area contributed by atoms with Crippen LogP contribution in [0, 0.1) is 0 Å². The molecule has 0 radical (unpaired) electrons. The van der Waals surface area contributed by atoms with Crippen molar-refractivity contribution in [2.45, 2.75) is 6.42 Å². The number of nitrogens with one attached hydrogen (secondary N) is 1. The smallest absolute Gasteiger partial charge is 0.211 e. The monoisotopic (exact) mass is 247 g/mol. The second kappa shape index (κ2) is 6.75. The summed E-state index contributed by atoms with van der Waals surface area (Å²) < 4.78 is 35.1. The Bertz CT molecular complexity index is 253. The lowest BCUT2D eigenvalue weighted by Gasteiger charge is -2.03. The summed E-state index contributed by atoms with van der Waals surface area (Å²) in [6, 6.07) is 0. The van der Waals surface area contributed by atoms with Crippen molar-refractivity contribution in [1.82, 2.24) is 4.72 Å². The Hall–Kier alpha value is 0.350. The van der Waals surface area contributed by atoms with Crippen LogP contribution in [0.5, 0.6) is 0 Å². The van der Waals surface area contributed by atoms with Gasteiger partial charge in [-0.15, -0.1) is 11.6 Å². The number of hydrogen-bond acceptors (Lipinski definition) is 3. The SMILES string of the molecule is CS(=O)CCNS(=O)(=O)CCCCl. The highest BCUT2D eigenvalue weighted by molar-refractivity contribution is 7.89. The second-order valence-electron chi connectivity index (χ2n) is 2.53. The molecule has 0 heterocycles. The molecule has 0 aliphatic carbocycles. The summed E-state index contributed by atoms with van der Waals surface area (Å²) in [4.78, 5) is 0. The van der Waals surface area contributed by atoms with Gasteiger partial charge in [-0.3, -0.25) is 4.21 Å². The average molecular weight is 248 g/mol. The van der Waals surface area contributed by atoms with Gasteiger partial charge in [-0.2, -0.15) is 0 Å². The van der Waals surface area contributed by atoms with Crippen LogP contribution >= 0.6 is 11.6 Å². The molecule has 0 aliphatic rings. The Kier molecular flexibility index (Phi) is 6.93. The molecule has 0 aromatic heterocycles. The lowest BCUT2D eigenvalue weighted by Crippen LogP contribution is -2.30. The molecule has 7 heteroatoms. The maximum absolute atomic E-state index is 11.1. The summed E-state index contributed by atoms with van der Waals surface area (Å²) >= 11 is 5.35. The normalized spacial score (nSPS) is 14.3. The Morgan fingerprint density at radius 1 is 1.46 bits per heavy atom. The van der Waals surface area contributed by atoms with E-state index in [2.05, 4.69) is 4.72 Å². The molecule has 1 N–H and O–H groups in total. The molecule has 13 heavy (non-hydrogen) atoms. The Morgan fingerprint density at radius 3 is 2.54 bits per heavy atom. The Balaban J connectivity index is 3.70. The molecule has 0 fully saturated rings. The largest absolute Gasteiger partial charge is 0.260 e. The Morgan fingerprint density at radius 2 is 2.08 bits per heavy atom. The second-order valence-corrected chi connectivity index (χ2v) is 6.39. The first-order valence-electron chi connectivity index (χ1n) is 3.81. The first-order chi connectivity index (χ1) is 5.98. The van der Waals surface area contributed by atoms with Crippen molar-refractivity contribution in [2.75, 3.05) is 30.2 Å².